The molecule has 2 aromatic heterocycles. The van der Waals surface area contributed by atoms with Crippen molar-refractivity contribution in [3.63, 3.8) is 0 Å². The molecule has 2 heterocycles. The zero-order valence-electron chi connectivity index (χ0n) is 16.9. The van der Waals surface area contributed by atoms with Crippen LogP contribution in [0, 0.1) is 0 Å². The van der Waals surface area contributed by atoms with Crippen molar-refractivity contribution in [2.24, 2.45) is 0 Å². The minimum atomic E-state index is -1.06. The van der Waals surface area contributed by atoms with Crippen molar-refractivity contribution in [2.45, 2.75) is 13.3 Å². The first-order valence-corrected chi connectivity index (χ1v) is 9.50. The number of aryl methyl sites for hydroxylation is 1. The summed E-state index contributed by atoms with van der Waals surface area (Å²) in [5.74, 6) is -0.0417. The number of hydrogen-bond donors (Lipinski definition) is 2. The largest absolute Gasteiger partial charge is 0.493 e. The van der Waals surface area contributed by atoms with Gasteiger partial charge in [-0.25, -0.2) is 9.78 Å². The van der Waals surface area contributed by atoms with Crippen LogP contribution in [0.2, 0.25) is 0 Å². The van der Waals surface area contributed by atoms with Crippen molar-refractivity contribution in [1.82, 2.24) is 15.2 Å². The topological polar surface area (TPSA) is 97.3 Å². The van der Waals surface area contributed by atoms with Gasteiger partial charge in [-0.3, -0.25) is 5.10 Å². The van der Waals surface area contributed by atoms with Gasteiger partial charge in [0.1, 0.15) is 0 Å². The highest BCUT2D eigenvalue weighted by atomic mass is 16.5. The van der Waals surface area contributed by atoms with Gasteiger partial charge in [-0.15, -0.1) is 0 Å². The number of carboxylic acids is 1. The van der Waals surface area contributed by atoms with E-state index >= 15 is 0 Å². The minimum Gasteiger partial charge on any atom is -0.493 e. The molecule has 30 heavy (non-hydrogen) atoms. The molecular formula is C23H21N3O4. The van der Waals surface area contributed by atoms with E-state index in [1.165, 1.54) is 12.7 Å². The Labute approximate surface area is 173 Å². The summed E-state index contributed by atoms with van der Waals surface area (Å²) in [4.78, 5) is 16.7. The standard InChI is InChI=1S/C23H21N3O4/c1-4-13-8-10-14(11-9-13)20-19-16(23(27)28)12-17(24-22(19)26-25-20)15-6-5-7-18(29-2)21(15)30-3/h5-12H,4H2,1-3H3,(H,27,28)(H,24,25,26). The first kappa shape index (κ1) is 19.4. The highest BCUT2D eigenvalue weighted by molar-refractivity contribution is 6.08. The van der Waals surface area contributed by atoms with Gasteiger partial charge in [0.05, 0.1) is 36.6 Å². The molecule has 0 saturated carbocycles. The fourth-order valence-corrected chi connectivity index (χ4v) is 3.54. The Hall–Kier alpha value is -3.87. The lowest BCUT2D eigenvalue weighted by molar-refractivity contribution is 0.0699. The van der Waals surface area contributed by atoms with Crippen LogP contribution < -0.4 is 9.47 Å². The Morgan fingerprint density at radius 2 is 1.87 bits per heavy atom. The second kappa shape index (κ2) is 7.87. The maximum Gasteiger partial charge on any atom is 0.336 e. The van der Waals surface area contributed by atoms with Crippen LogP contribution in [-0.4, -0.2) is 40.5 Å². The summed E-state index contributed by atoms with van der Waals surface area (Å²) in [5.41, 5.74) is 4.18. The molecule has 0 unspecified atom stereocenters. The molecule has 2 N–H and O–H groups in total. The van der Waals surface area contributed by atoms with Gasteiger partial charge in [0.25, 0.3) is 0 Å². The molecule has 0 bridgehead atoms. The third kappa shape index (κ3) is 3.24. The summed E-state index contributed by atoms with van der Waals surface area (Å²) >= 11 is 0. The number of rotatable bonds is 6. The van der Waals surface area contributed by atoms with Gasteiger partial charge in [0, 0.05) is 11.1 Å². The third-order valence-corrected chi connectivity index (χ3v) is 5.08. The van der Waals surface area contributed by atoms with E-state index in [4.69, 9.17) is 9.47 Å². The number of methoxy groups -OCH3 is 2. The molecule has 0 aliphatic rings. The van der Waals surface area contributed by atoms with Gasteiger partial charge >= 0.3 is 5.97 Å². The number of H-pyrrole nitrogens is 1. The van der Waals surface area contributed by atoms with Crippen molar-refractivity contribution in [3.8, 4) is 34.0 Å². The van der Waals surface area contributed by atoms with Crippen LogP contribution in [0.15, 0.2) is 48.5 Å². The van der Waals surface area contributed by atoms with E-state index in [9.17, 15) is 9.90 Å². The number of aromatic nitrogens is 3. The average molecular weight is 403 g/mol. The predicted octanol–water partition coefficient (Wildman–Crippen LogP) is 4.57. The highest BCUT2D eigenvalue weighted by Crippen LogP contribution is 2.39. The Morgan fingerprint density at radius 1 is 1.10 bits per heavy atom. The van der Waals surface area contributed by atoms with Gasteiger partial charge < -0.3 is 14.6 Å². The fraction of sp³-hybridized carbons (Fsp3) is 0.174. The normalized spacial score (nSPS) is 10.9. The lowest BCUT2D eigenvalue weighted by atomic mass is 10.0. The van der Waals surface area contributed by atoms with Gasteiger partial charge in [-0.2, -0.15) is 5.10 Å². The summed E-state index contributed by atoms with van der Waals surface area (Å²) in [7, 11) is 3.08. The van der Waals surface area contributed by atoms with Crippen molar-refractivity contribution in [1.29, 1.82) is 0 Å². The predicted molar refractivity (Wildman–Crippen MR) is 114 cm³/mol. The first-order chi connectivity index (χ1) is 14.6. The van der Waals surface area contributed by atoms with Crippen LogP contribution in [0.4, 0.5) is 0 Å². The number of ether oxygens (including phenoxy) is 2. The van der Waals surface area contributed by atoms with Crippen LogP contribution in [0.25, 0.3) is 33.5 Å². The van der Waals surface area contributed by atoms with E-state index in [0.717, 1.165) is 12.0 Å². The average Bonchev–Trinajstić information content (AvgIpc) is 3.21. The summed E-state index contributed by atoms with van der Waals surface area (Å²) in [6.45, 7) is 2.08. The molecular weight excluding hydrogens is 382 g/mol. The van der Waals surface area contributed by atoms with Crippen molar-refractivity contribution in [3.05, 3.63) is 59.7 Å². The molecule has 0 saturated heterocycles. The second-order valence-corrected chi connectivity index (χ2v) is 6.75. The number of carbonyl (C=O) groups is 1. The van der Waals surface area contributed by atoms with Crippen molar-refractivity contribution in [2.75, 3.05) is 14.2 Å². The van der Waals surface area contributed by atoms with Crippen LogP contribution in [0.3, 0.4) is 0 Å². The molecule has 0 amide bonds. The van der Waals surface area contributed by atoms with Crippen molar-refractivity contribution >= 4 is 17.0 Å². The first-order valence-electron chi connectivity index (χ1n) is 9.50. The number of nitrogens with one attached hydrogen (secondary N) is 1. The smallest absolute Gasteiger partial charge is 0.336 e. The Bertz CT molecular complexity index is 1230. The number of aromatic amines is 1. The van der Waals surface area contributed by atoms with Crippen LogP contribution >= 0.6 is 0 Å². The maximum absolute atomic E-state index is 12.1. The van der Waals surface area contributed by atoms with Crippen molar-refractivity contribution < 1.29 is 19.4 Å². The minimum absolute atomic E-state index is 0.114. The maximum atomic E-state index is 12.1. The summed E-state index contributed by atoms with van der Waals surface area (Å²) in [6, 6.07) is 14.9. The van der Waals surface area contributed by atoms with Crippen LogP contribution in [0.5, 0.6) is 11.5 Å². The summed E-state index contributed by atoms with van der Waals surface area (Å²) in [5, 5.41) is 17.7. The molecule has 0 aliphatic carbocycles. The summed E-state index contributed by atoms with van der Waals surface area (Å²) < 4.78 is 10.8. The number of nitrogens with zero attached hydrogens (tertiary/aromatic N) is 2. The van der Waals surface area contributed by atoms with E-state index in [-0.39, 0.29) is 5.56 Å². The molecule has 7 heteroatoms. The summed E-state index contributed by atoms with van der Waals surface area (Å²) in [6.07, 6.45) is 0.928. The second-order valence-electron chi connectivity index (χ2n) is 6.75. The molecule has 7 nitrogen and oxygen atoms in total. The monoisotopic (exact) mass is 403 g/mol. The SMILES string of the molecule is CCc1ccc(-c2[nH]nc3nc(-c4cccc(OC)c4OC)cc(C(=O)O)c23)cc1. The van der Waals surface area contributed by atoms with Crippen LogP contribution in [-0.2, 0) is 6.42 Å². The van der Waals surface area contributed by atoms with E-state index < -0.39 is 5.97 Å². The number of pyridine rings is 1. The van der Waals surface area contributed by atoms with E-state index in [2.05, 4.69) is 22.1 Å². The Balaban J connectivity index is 1.94. The Kier molecular flexibility index (Phi) is 5.10. The highest BCUT2D eigenvalue weighted by Gasteiger charge is 2.21. The van der Waals surface area contributed by atoms with Gasteiger partial charge in [0.2, 0.25) is 0 Å². The number of para-hydroxylation sites is 1. The van der Waals surface area contributed by atoms with E-state index in [1.54, 1.807) is 31.4 Å². The molecule has 152 valence electrons. The molecule has 0 spiro atoms. The van der Waals surface area contributed by atoms with Gasteiger partial charge in [-0.1, -0.05) is 37.3 Å². The molecule has 4 rings (SSSR count). The lowest BCUT2D eigenvalue weighted by Crippen LogP contribution is -2.01. The molecule has 0 fully saturated rings. The molecule has 0 atom stereocenters. The third-order valence-electron chi connectivity index (χ3n) is 5.08. The number of hydrogen-bond acceptors (Lipinski definition) is 5. The molecule has 2 aromatic carbocycles. The van der Waals surface area contributed by atoms with E-state index in [0.29, 0.717) is 39.5 Å². The zero-order chi connectivity index (χ0) is 21.3. The number of aromatic carboxylic acids is 1. The van der Waals surface area contributed by atoms with Gasteiger partial charge in [-0.05, 0) is 30.2 Å². The molecule has 0 aliphatic heterocycles. The quantitative estimate of drug-likeness (QED) is 0.489. The molecule has 4 aromatic rings. The number of carboxylic acid groups (broad SMARTS) is 1. The van der Waals surface area contributed by atoms with Gasteiger partial charge in [0.15, 0.2) is 17.1 Å². The number of benzene rings is 2. The van der Waals surface area contributed by atoms with Crippen LogP contribution in [0.1, 0.15) is 22.8 Å². The number of fused-ring (bicyclic) bond motifs is 1. The zero-order valence-corrected chi connectivity index (χ0v) is 16.9. The molecule has 0 radical (unpaired) electrons. The fourth-order valence-electron chi connectivity index (χ4n) is 3.54. The van der Waals surface area contributed by atoms with E-state index in [1.807, 2.05) is 24.3 Å². The Morgan fingerprint density at radius 3 is 2.50 bits per heavy atom. The lowest BCUT2D eigenvalue weighted by Gasteiger charge is -2.13.